The SMILES string of the molecule is Cc1ccc2cc(CN3CCN(Cc4ccc5c(N)ncnc5c4)C(C=O)C3)sc2c1. The Bertz CT molecular complexity index is 1250. The number of rotatable bonds is 5. The lowest BCUT2D eigenvalue weighted by molar-refractivity contribution is -0.115. The van der Waals surface area contributed by atoms with Gasteiger partial charge in [0.2, 0.25) is 0 Å². The van der Waals surface area contributed by atoms with Gasteiger partial charge in [0.05, 0.1) is 11.6 Å². The fourth-order valence-electron chi connectivity index (χ4n) is 4.32. The number of aryl methyl sites for hydroxylation is 1. The Kier molecular flexibility index (Phi) is 5.40. The number of nitrogen functional groups attached to an aromatic ring is 1. The number of aromatic nitrogens is 2. The Morgan fingerprint density at radius 1 is 1.13 bits per heavy atom. The highest BCUT2D eigenvalue weighted by atomic mass is 32.1. The zero-order chi connectivity index (χ0) is 21.4. The molecule has 3 heterocycles. The van der Waals surface area contributed by atoms with Crippen molar-refractivity contribution in [2.45, 2.75) is 26.1 Å². The summed E-state index contributed by atoms with van der Waals surface area (Å²) in [5, 5.41) is 2.17. The van der Waals surface area contributed by atoms with Crippen molar-refractivity contribution in [2.24, 2.45) is 0 Å². The Hall–Kier alpha value is -2.87. The molecule has 2 aromatic heterocycles. The first kappa shape index (κ1) is 20.1. The van der Waals surface area contributed by atoms with Crippen LogP contribution < -0.4 is 5.73 Å². The van der Waals surface area contributed by atoms with Crippen LogP contribution in [0.1, 0.15) is 16.0 Å². The molecular weight excluding hydrogens is 406 g/mol. The number of anilines is 1. The number of carbonyl (C=O) groups excluding carboxylic acids is 1. The molecule has 31 heavy (non-hydrogen) atoms. The van der Waals surface area contributed by atoms with Crippen LogP contribution in [-0.4, -0.2) is 51.7 Å². The highest BCUT2D eigenvalue weighted by molar-refractivity contribution is 7.19. The minimum atomic E-state index is -0.114. The number of aldehydes is 1. The summed E-state index contributed by atoms with van der Waals surface area (Å²) in [6.07, 6.45) is 2.57. The summed E-state index contributed by atoms with van der Waals surface area (Å²) in [5.41, 5.74) is 9.19. The second-order valence-corrected chi connectivity index (χ2v) is 9.44. The van der Waals surface area contributed by atoms with Crippen molar-refractivity contribution in [1.29, 1.82) is 0 Å². The van der Waals surface area contributed by atoms with E-state index in [1.807, 2.05) is 23.5 Å². The highest BCUT2D eigenvalue weighted by Crippen LogP contribution is 2.28. The predicted octanol–water partition coefficient (Wildman–Crippen LogP) is 3.62. The van der Waals surface area contributed by atoms with Gasteiger partial charge in [0, 0.05) is 47.7 Å². The van der Waals surface area contributed by atoms with E-state index >= 15 is 0 Å². The molecule has 7 heteroatoms. The third-order valence-electron chi connectivity index (χ3n) is 6.00. The van der Waals surface area contributed by atoms with Gasteiger partial charge in [0.25, 0.3) is 0 Å². The molecule has 1 aliphatic rings. The molecule has 2 aromatic carbocycles. The lowest BCUT2D eigenvalue weighted by Gasteiger charge is -2.38. The van der Waals surface area contributed by atoms with E-state index in [0.717, 1.165) is 55.5 Å². The number of benzene rings is 2. The van der Waals surface area contributed by atoms with Crippen molar-refractivity contribution in [1.82, 2.24) is 19.8 Å². The van der Waals surface area contributed by atoms with Gasteiger partial charge in [-0.15, -0.1) is 11.3 Å². The molecule has 1 atom stereocenters. The fourth-order valence-corrected chi connectivity index (χ4v) is 5.53. The number of nitrogens with zero attached hydrogens (tertiary/aromatic N) is 4. The van der Waals surface area contributed by atoms with E-state index in [1.54, 1.807) is 0 Å². The quantitative estimate of drug-likeness (QED) is 0.487. The molecule has 158 valence electrons. The standard InChI is InChI=1S/C24H25N5OS/c1-16-2-4-18-10-20(31-23(18)8-16)13-28-6-7-29(19(12-28)14-30)11-17-3-5-21-22(9-17)26-15-27-24(21)25/h2-5,8-10,14-15,19H,6-7,11-13H2,1H3,(H2,25,26,27). The number of hydrogen-bond acceptors (Lipinski definition) is 7. The van der Waals surface area contributed by atoms with Crippen LogP contribution >= 0.6 is 11.3 Å². The molecule has 6 nitrogen and oxygen atoms in total. The van der Waals surface area contributed by atoms with Crippen LogP contribution in [0.15, 0.2) is 48.8 Å². The first-order valence-electron chi connectivity index (χ1n) is 10.5. The fraction of sp³-hybridized carbons (Fsp3) is 0.292. The van der Waals surface area contributed by atoms with Crippen molar-refractivity contribution in [3.05, 3.63) is 64.8 Å². The highest BCUT2D eigenvalue weighted by Gasteiger charge is 2.27. The molecule has 0 aliphatic carbocycles. The minimum Gasteiger partial charge on any atom is -0.383 e. The first-order chi connectivity index (χ1) is 15.1. The van der Waals surface area contributed by atoms with Crippen molar-refractivity contribution in [3.8, 4) is 0 Å². The molecule has 4 aromatic rings. The van der Waals surface area contributed by atoms with Gasteiger partial charge in [-0.3, -0.25) is 9.80 Å². The maximum absolute atomic E-state index is 11.9. The van der Waals surface area contributed by atoms with Gasteiger partial charge in [-0.1, -0.05) is 18.2 Å². The van der Waals surface area contributed by atoms with Crippen LogP contribution in [-0.2, 0) is 17.9 Å². The summed E-state index contributed by atoms with van der Waals surface area (Å²) < 4.78 is 1.33. The Balaban J connectivity index is 1.27. The van der Waals surface area contributed by atoms with Gasteiger partial charge in [-0.05, 0) is 47.7 Å². The second kappa shape index (κ2) is 8.34. The molecule has 0 radical (unpaired) electrons. The summed E-state index contributed by atoms with van der Waals surface area (Å²) in [5.74, 6) is 0.493. The molecule has 5 rings (SSSR count). The van der Waals surface area contributed by atoms with Gasteiger partial charge in [0.1, 0.15) is 18.4 Å². The van der Waals surface area contributed by atoms with E-state index in [4.69, 9.17) is 5.73 Å². The zero-order valence-corrected chi connectivity index (χ0v) is 18.3. The third-order valence-corrected chi connectivity index (χ3v) is 7.08. The lowest BCUT2D eigenvalue weighted by Crippen LogP contribution is -2.52. The maximum Gasteiger partial charge on any atom is 0.138 e. The summed E-state index contributed by atoms with van der Waals surface area (Å²) in [4.78, 5) is 26.3. The van der Waals surface area contributed by atoms with Crippen molar-refractivity contribution >= 4 is 44.4 Å². The number of piperazine rings is 1. The molecule has 1 saturated heterocycles. The molecule has 0 bridgehead atoms. The molecule has 1 aliphatic heterocycles. The average molecular weight is 432 g/mol. The van der Waals surface area contributed by atoms with Gasteiger partial charge in [0.15, 0.2) is 0 Å². The average Bonchev–Trinajstić information content (AvgIpc) is 3.16. The number of nitrogens with two attached hydrogens (primary N) is 1. The van der Waals surface area contributed by atoms with Gasteiger partial charge < -0.3 is 10.5 Å². The van der Waals surface area contributed by atoms with E-state index in [0.29, 0.717) is 5.82 Å². The second-order valence-electron chi connectivity index (χ2n) is 8.27. The number of fused-ring (bicyclic) bond motifs is 2. The van der Waals surface area contributed by atoms with Gasteiger partial charge in [-0.25, -0.2) is 9.97 Å². The predicted molar refractivity (Wildman–Crippen MR) is 126 cm³/mol. The molecule has 1 unspecified atom stereocenters. The summed E-state index contributed by atoms with van der Waals surface area (Å²) in [6.45, 7) is 6.29. The lowest BCUT2D eigenvalue weighted by atomic mass is 10.1. The molecule has 0 saturated carbocycles. The molecule has 0 spiro atoms. The van der Waals surface area contributed by atoms with Crippen molar-refractivity contribution in [3.63, 3.8) is 0 Å². The van der Waals surface area contributed by atoms with E-state index in [9.17, 15) is 4.79 Å². The first-order valence-corrected chi connectivity index (χ1v) is 11.3. The Labute approximate surface area is 185 Å². The topological polar surface area (TPSA) is 75.3 Å². The number of hydrogen-bond donors (Lipinski definition) is 1. The monoisotopic (exact) mass is 431 g/mol. The third kappa shape index (κ3) is 4.17. The minimum absolute atomic E-state index is 0.114. The van der Waals surface area contributed by atoms with Crippen LogP contribution in [0.3, 0.4) is 0 Å². The zero-order valence-electron chi connectivity index (χ0n) is 17.5. The van der Waals surface area contributed by atoms with Crippen molar-refractivity contribution in [2.75, 3.05) is 25.4 Å². The van der Waals surface area contributed by atoms with Crippen LogP contribution in [0.25, 0.3) is 21.0 Å². The van der Waals surface area contributed by atoms with Crippen LogP contribution in [0.4, 0.5) is 5.82 Å². The van der Waals surface area contributed by atoms with Crippen LogP contribution in [0, 0.1) is 6.92 Å². The molecule has 2 N–H and O–H groups in total. The van der Waals surface area contributed by atoms with Gasteiger partial charge >= 0.3 is 0 Å². The normalized spacial score (nSPS) is 18.0. The van der Waals surface area contributed by atoms with E-state index in [-0.39, 0.29) is 6.04 Å². The molecular formula is C24H25N5OS. The Morgan fingerprint density at radius 3 is 2.90 bits per heavy atom. The smallest absolute Gasteiger partial charge is 0.138 e. The summed E-state index contributed by atoms with van der Waals surface area (Å²) in [7, 11) is 0. The summed E-state index contributed by atoms with van der Waals surface area (Å²) >= 11 is 1.85. The van der Waals surface area contributed by atoms with Gasteiger partial charge in [-0.2, -0.15) is 0 Å². The van der Waals surface area contributed by atoms with E-state index in [1.165, 1.54) is 26.9 Å². The van der Waals surface area contributed by atoms with E-state index in [2.05, 4.69) is 57.0 Å². The van der Waals surface area contributed by atoms with Crippen LogP contribution in [0.5, 0.6) is 0 Å². The molecule has 0 amide bonds. The van der Waals surface area contributed by atoms with Crippen molar-refractivity contribution < 1.29 is 4.79 Å². The maximum atomic E-state index is 11.9. The number of carbonyl (C=O) groups is 1. The largest absolute Gasteiger partial charge is 0.383 e. The van der Waals surface area contributed by atoms with E-state index < -0.39 is 0 Å². The number of thiophene rings is 1. The summed E-state index contributed by atoms with van der Waals surface area (Å²) in [6, 6.07) is 14.8. The molecule has 1 fully saturated rings. The Morgan fingerprint density at radius 2 is 2.03 bits per heavy atom. The van der Waals surface area contributed by atoms with Crippen LogP contribution in [0.2, 0.25) is 0 Å².